The van der Waals surface area contributed by atoms with Crippen molar-refractivity contribution in [2.75, 3.05) is 18.0 Å². The zero-order valence-corrected chi connectivity index (χ0v) is 16.4. The van der Waals surface area contributed by atoms with E-state index in [1.165, 1.54) is 4.90 Å². The number of carbonyl (C=O) groups is 4. The van der Waals surface area contributed by atoms with Crippen LogP contribution in [-0.4, -0.2) is 53.2 Å². The van der Waals surface area contributed by atoms with Gasteiger partial charge < -0.3 is 20.3 Å². The predicted molar refractivity (Wildman–Crippen MR) is 102 cm³/mol. The standard InChI is InChI=1S/C20H25N3O5/c1-20(2,3)28-17(25)7-6-16(18(21)26)23-9-12-8-13(22-10-14(24)11-22)4-5-15(12)19(23)27/h4-5,8,16H,6-7,9-11H2,1-3H3,(H2,21,26)/t16-/m0/s1. The Morgan fingerprint density at radius 1 is 1.18 bits per heavy atom. The molecule has 3 rings (SSSR count). The van der Waals surface area contributed by atoms with E-state index in [4.69, 9.17) is 10.5 Å². The second-order valence-electron chi connectivity index (χ2n) is 8.21. The van der Waals surface area contributed by atoms with Crippen LogP contribution in [0.1, 0.15) is 49.5 Å². The lowest BCUT2D eigenvalue weighted by Gasteiger charge is -2.31. The Bertz CT molecular complexity index is 835. The van der Waals surface area contributed by atoms with Crippen LogP contribution >= 0.6 is 0 Å². The number of amides is 2. The maximum Gasteiger partial charge on any atom is 0.306 e. The first-order valence-electron chi connectivity index (χ1n) is 9.27. The predicted octanol–water partition coefficient (Wildman–Crippen LogP) is 1.01. The molecule has 1 saturated heterocycles. The van der Waals surface area contributed by atoms with Crippen LogP contribution in [0.5, 0.6) is 0 Å². The molecule has 0 unspecified atom stereocenters. The zero-order valence-electron chi connectivity index (χ0n) is 16.4. The van der Waals surface area contributed by atoms with Crippen molar-refractivity contribution in [2.45, 2.75) is 51.8 Å². The van der Waals surface area contributed by atoms with Crippen molar-refractivity contribution in [3.8, 4) is 0 Å². The van der Waals surface area contributed by atoms with E-state index in [-0.39, 0.29) is 31.1 Å². The second kappa shape index (κ2) is 7.26. The molecular weight excluding hydrogens is 362 g/mol. The average molecular weight is 387 g/mol. The highest BCUT2D eigenvalue weighted by Gasteiger charge is 2.36. The van der Waals surface area contributed by atoms with Gasteiger partial charge in [-0.2, -0.15) is 0 Å². The third-order valence-corrected chi connectivity index (χ3v) is 4.77. The molecule has 2 heterocycles. The number of fused-ring (bicyclic) bond motifs is 1. The maximum absolute atomic E-state index is 12.8. The summed E-state index contributed by atoms with van der Waals surface area (Å²) in [6, 6.07) is 4.49. The van der Waals surface area contributed by atoms with Crippen molar-refractivity contribution in [3.05, 3.63) is 29.3 Å². The summed E-state index contributed by atoms with van der Waals surface area (Å²) in [5.74, 6) is -1.20. The number of rotatable bonds is 6. The molecule has 28 heavy (non-hydrogen) atoms. The Balaban J connectivity index is 1.70. The van der Waals surface area contributed by atoms with Gasteiger partial charge in [0.15, 0.2) is 5.78 Å². The summed E-state index contributed by atoms with van der Waals surface area (Å²) in [7, 11) is 0. The summed E-state index contributed by atoms with van der Waals surface area (Å²) in [5.41, 5.74) is 7.07. The van der Waals surface area contributed by atoms with E-state index in [0.29, 0.717) is 18.7 Å². The van der Waals surface area contributed by atoms with Gasteiger partial charge in [0.2, 0.25) is 5.91 Å². The first-order valence-corrected chi connectivity index (χ1v) is 9.27. The topological polar surface area (TPSA) is 110 Å². The van der Waals surface area contributed by atoms with E-state index < -0.39 is 23.5 Å². The van der Waals surface area contributed by atoms with Crippen molar-refractivity contribution >= 4 is 29.3 Å². The van der Waals surface area contributed by atoms with Crippen LogP contribution in [0.3, 0.4) is 0 Å². The van der Waals surface area contributed by atoms with Crippen molar-refractivity contribution < 1.29 is 23.9 Å². The summed E-state index contributed by atoms with van der Waals surface area (Å²) in [6.07, 6.45) is 0.101. The van der Waals surface area contributed by atoms with Gasteiger partial charge in [-0.25, -0.2) is 0 Å². The van der Waals surface area contributed by atoms with Gasteiger partial charge in [-0.15, -0.1) is 0 Å². The normalized spacial score (nSPS) is 17.2. The van der Waals surface area contributed by atoms with Crippen LogP contribution in [0.4, 0.5) is 5.69 Å². The van der Waals surface area contributed by atoms with Crippen molar-refractivity contribution in [2.24, 2.45) is 5.73 Å². The average Bonchev–Trinajstić information content (AvgIpc) is 2.86. The SMILES string of the molecule is CC(C)(C)OC(=O)CC[C@@H](C(N)=O)N1Cc2cc(N3CC(=O)C3)ccc2C1=O. The molecule has 0 spiro atoms. The van der Waals surface area contributed by atoms with E-state index in [1.807, 2.05) is 11.0 Å². The molecule has 2 N–H and O–H groups in total. The zero-order chi connectivity index (χ0) is 20.6. The number of hydrogen-bond acceptors (Lipinski definition) is 6. The number of carbonyl (C=O) groups excluding carboxylic acids is 4. The van der Waals surface area contributed by atoms with Crippen LogP contribution in [0.2, 0.25) is 0 Å². The Labute approximate surface area is 163 Å². The largest absolute Gasteiger partial charge is 0.460 e. The molecule has 1 aromatic carbocycles. The molecule has 1 fully saturated rings. The van der Waals surface area contributed by atoms with Crippen LogP contribution in [-0.2, 0) is 25.7 Å². The van der Waals surface area contributed by atoms with E-state index in [9.17, 15) is 19.2 Å². The molecule has 1 aromatic rings. The van der Waals surface area contributed by atoms with E-state index >= 15 is 0 Å². The molecule has 2 amide bonds. The Morgan fingerprint density at radius 2 is 1.86 bits per heavy atom. The highest BCUT2D eigenvalue weighted by atomic mass is 16.6. The lowest BCUT2D eigenvalue weighted by Crippen LogP contribution is -2.47. The third kappa shape index (κ3) is 4.16. The van der Waals surface area contributed by atoms with Crippen LogP contribution in [0.15, 0.2) is 18.2 Å². The summed E-state index contributed by atoms with van der Waals surface area (Å²) in [5, 5.41) is 0. The lowest BCUT2D eigenvalue weighted by molar-refractivity contribution is -0.155. The van der Waals surface area contributed by atoms with Crippen molar-refractivity contribution in [1.29, 1.82) is 0 Å². The molecule has 0 bridgehead atoms. The van der Waals surface area contributed by atoms with Crippen LogP contribution in [0.25, 0.3) is 0 Å². The Morgan fingerprint density at radius 3 is 2.43 bits per heavy atom. The van der Waals surface area contributed by atoms with Gasteiger partial charge >= 0.3 is 5.97 Å². The number of primary amides is 1. The number of Topliss-reactive ketones (excluding diaryl/α,β-unsaturated/α-hetero) is 1. The fourth-order valence-corrected chi connectivity index (χ4v) is 3.44. The second-order valence-corrected chi connectivity index (χ2v) is 8.21. The van der Waals surface area contributed by atoms with Crippen LogP contribution in [0, 0.1) is 0 Å². The van der Waals surface area contributed by atoms with E-state index in [1.54, 1.807) is 32.9 Å². The molecule has 2 aliphatic heterocycles. The van der Waals surface area contributed by atoms with Gasteiger partial charge in [0.05, 0.1) is 13.1 Å². The Hall–Kier alpha value is -2.90. The molecule has 0 radical (unpaired) electrons. The molecule has 150 valence electrons. The smallest absolute Gasteiger partial charge is 0.306 e. The number of nitrogens with zero attached hydrogens (tertiary/aromatic N) is 2. The van der Waals surface area contributed by atoms with Gasteiger partial charge in [0, 0.05) is 24.2 Å². The van der Waals surface area contributed by atoms with E-state index in [2.05, 4.69) is 0 Å². The highest BCUT2D eigenvalue weighted by molar-refractivity contribution is 6.02. The van der Waals surface area contributed by atoms with Gasteiger partial charge in [-0.05, 0) is 51.0 Å². The number of esters is 1. The number of anilines is 1. The maximum atomic E-state index is 12.8. The summed E-state index contributed by atoms with van der Waals surface area (Å²) < 4.78 is 5.26. The molecule has 8 nitrogen and oxygen atoms in total. The first-order chi connectivity index (χ1) is 13.0. The number of ether oxygens (including phenoxy) is 1. The quantitative estimate of drug-likeness (QED) is 0.730. The van der Waals surface area contributed by atoms with Gasteiger partial charge in [0.1, 0.15) is 11.6 Å². The molecular formula is C20H25N3O5. The van der Waals surface area contributed by atoms with Crippen molar-refractivity contribution in [1.82, 2.24) is 4.90 Å². The lowest BCUT2D eigenvalue weighted by atomic mass is 10.1. The van der Waals surface area contributed by atoms with Gasteiger partial charge in [-0.1, -0.05) is 0 Å². The first kappa shape index (κ1) is 19.9. The Kier molecular flexibility index (Phi) is 5.14. The molecule has 0 aliphatic carbocycles. The number of hydrogen-bond donors (Lipinski definition) is 1. The molecule has 0 saturated carbocycles. The van der Waals surface area contributed by atoms with Crippen LogP contribution < -0.4 is 10.6 Å². The van der Waals surface area contributed by atoms with Gasteiger partial charge in [-0.3, -0.25) is 19.2 Å². The summed E-state index contributed by atoms with van der Waals surface area (Å²) >= 11 is 0. The number of benzene rings is 1. The number of nitrogens with two attached hydrogens (primary N) is 1. The fourth-order valence-electron chi connectivity index (χ4n) is 3.44. The number of ketones is 1. The minimum absolute atomic E-state index is 0.00780. The van der Waals surface area contributed by atoms with Gasteiger partial charge in [0.25, 0.3) is 5.91 Å². The minimum atomic E-state index is -0.888. The molecule has 0 aromatic heterocycles. The summed E-state index contributed by atoms with van der Waals surface area (Å²) in [4.78, 5) is 51.3. The van der Waals surface area contributed by atoms with E-state index in [0.717, 1.165) is 11.3 Å². The highest BCUT2D eigenvalue weighted by Crippen LogP contribution is 2.30. The monoisotopic (exact) mass is 387 g/mol. The van der Waals surface area contributed by atoms with Crippen molar-refractivity contribution in [3.63, 3.8) is 0 Å². The minimum Gasteiger partial charge on any atom is -0.460 e. The molecule has 8 heteroatoms. The third-order valence-electron chi connectivity index (χ3n) is 4.77. The summed E-state index contributed by atoms with van der Waals surface area (Å²) in [6.45, 7) is 6.28. The molecule has 1 atom stereocenters. The molecule has 2 aliphatic rings. The fraction of sp³-hybridized carbons (Fsp3) is 0.500.